The number of nitrogens with zero attached hydrogens (tertiary/aromatic N) is 1. The van der Waals surface area contributed by atoms with Crippen molar-refractivity contribution in [2.75, 3.05) is 27.3 Å². The van der Waals surface area contributed by atoms with E-state index in [1.807, 2.05) is 18.2 Å². The Labute approximate surface area is 175 Å². The van der Waals surface area contributed by atoms with Gasteiger partial charge in [0.2, 0.25) is 0 Å². The zero-order valence-corrected chi connectivity index (χ0v) is 17.1. The number of methoxy groups -OCH3 is 1. The molecule has 1 aliphatic heterocycles. The van der Waals surface area contributed by atoms with Crippen LogP contribution in [0.5, 0.6) is 11.5 Å². The molecule has 1 saturated heterocycles. The Bertz CT molecular complexity index is 834. The SMILES string of the molecule is CN=C(NCc1cc(OC)ccc1OC(F)F)NCC1CCOC1c1ccccc1. The van der Waals surface area contributed by atoms with Crippen LogP contribution >= 0.6 is 0 Å². The molecular formula is C22H27F2N3O3. The number of alkyl halides is 2. The Morgan fingerprint density at radius 2 is 2.00 bits per heavy atom. The molecule has 0 aliphatic carbocycles. The van der Waals surface area contributed by atoms with E-state index in [0.717, 1.165) is 18.6 Å². The molecule has 0 spiro atoms. The van der Waals surface area contributed by atoms with Gasteiger partial charge in [-0.3, -0.25) is 4.99 Å². The summed E-state index contributed by atoms with van der Waals surface area (Å²) >= 11 is 0. The highest BCUT2D eigenvalue weighted by molar-refractivity contribution is 5.79. The summed E-state index contributed by atoms with van der Waals surface area (Å²) in [5.74, 6) is 1.53. The molecule has 0 radical (unpaired) electrons. The summed E-state index contributed by atoms with van der Waals surface area (Å²) in [7, 11) is 3.19. The molecule has 2 unspecified atom stereocenters. The fourth-order valence-electron chi connectivity index (χ4n) is 3.51. The van der Waals surface area contributed by atoms with Crippen LogP contribution in [-0.2, 0) is 11.3 Å². The summed E-state index contributed by atoms with van der Waals surface area (Å²) in [6.45, 7) is -1.25. The second kappa shape index (κ2) is 10.8. The molecule has 8 heteroatoms. The maximum atomic E-state index is 12.7. The van der Waals surface area contributed by atoms with E-state index >= 15 is 0 Å². The summed E-state index contributed by atoms with van der Waals surface area (Å²) in [5, 5.41) is 6.46. The molecule has 0 bridgehead atoms. The van der Waals surface area contributed by atoms with Crippen molar-refractivity contribution in [3.8, 4) is 11.5 Å². The smallest absolute Gasteiger partial charge is 0.387 e. The third kappa shape index (κ3) is 5.82. The van der Waals surface area contributed by atoms with Crippen molar-refractivity contribution in [3.05, 3.63) is 59.7 Å². The molecular weight excluding hydrogens is 392 g/mol. The molecule has 2 atom stereocenters. The highest BCUT2D eigenvalue weighted by Gasteiger charge is 2.29. The second-order valence-corrected chi connectivity index (χ2v) is 6.91. The van der Waals surface area contributed by atoms with Crippen LogP contribution in [0, 0.1) is 5.92 Å². The number of benzene rings is 2. The molecule has 3 rings (SSSR count). The zero-order valence-electron chi connectivity index (χ0n) is 17.1. The molecule has 2 aromatic rings. The number of ether oxygens (including phenoxy) is 3. The maximum Gasteiger partial charge on any atom is 0.387 e. The van der Waals surface area contributed by atoms with Crippen molar-refractivity contribution < 1.29 is 23.0 Å². The zero-order chi connectivity index (χ0) is 21.3. The summed E-state index contributed by atoms with van der Waals surface area (Å²) in [6, 6.07) is 14.9. The fourth-order valence-corrected chi connectivity index (χ4v) is 3.51. The Morgan fingerprint density at radius 1 is 1.20 bits per heavy atom. The minimum atomic E-state index is -2.90. The molecule has 0 saturated carbocycles. The number of hydrogen-bond acceptors (Lipinski definition) is 4. The van der Waals surface area contributed by atoms with Crippen molar-refractivity contribution in [3.63, 3.8) is 0 Å². The normalized spacial score (nSPS) is 19.0. The van der Waals surface area contributed by atoms with E-state index in [1.54, 1.807) is 19.2 Å². The maximum absolute atomic E-state index is 12.7. The summed E-state index contributed by atoms with van der Waals surface area (Å²) < 4.78 is 41.1. The Kier molecular flexibility index (Phi) is 7.84. The van der Waals surface area contributed by atoms with Gasteiger partial charge in [-0.05, 0) is 30.2 Å². The highest BCUT2D eigenvalue weighted by Crippen LogP contribution is 2.33. The van der Waals surface area contributed by atoms with Crippen LogP contribution < -0.4 is 20.1 Å². The molecule has 162 valence electrons. The summed E-state index contributed by atoms with van der Waals surface area (Å²) in [4.78, 5) is 4.23. The molecule has 0 amide bonds. The standard InChI is InChI=1S/C22H27F2N3O3/c1-25-22(26-13-16-10-11-29-20(16)15-6-4-3-5-7-15)27-14-17-12-18(28-2)8-9-19(17)30-21(23)24/h3-9,12,16,20-21H,10-11,13-14H2,1-2H3,(H2,25,26,27). The van der Waals surface area contributed by atoms with Crippen LogP contribution in [0.4, 0.5) is 8.78 Å². The largest absolute Gasteiger partial charge is 0.497 e. The van der Waals surface area contributed by atoms with E-state index in [2.05, 4.69) is 32.5 Å². The lowest BCUT2D eigenvalue weighted by Crippen LogP contribution is -2.40. The first-order valence-electron chi connectivity index (χ1n) is 9.83. The van der Waals surface area contributed by atoms with Gasteiger partial charge in [0.15, 0.2) is 5.96 Å². The van der Waals surface area contributed by atoms with Gasteiger partial charge < -0.3 is 24.8 Å². The highest BCUT2D eigenvalue weighted by atomic mass is 19.3. The van der Waals surface area contributed by atoms with Gasteiger partial charge >= 0.3 is 6.61 Å². The predicted octanol–water partition coefficient (Wildman–Crippen LogP) is 3.74. The van der Waals surface area contributed by atoms with Crippen molar-refractivity contribution in [2.24, 2.45) is 10.9 Å². The molecule has 2 N–H and O–H groups in total. The van der Waals surface area contributed by atoms with Crippen LogP contribution in [0.25, 0.3) is 0 Å². The first-order chi connectivity index (χ1) is 14.6. The van der Waals surface area contributed by atoms with Gasteiger partial charge in [-0.1, -0.05) is 30.3 Å². The molecule has 1 heterocycles. The van der Waals surface area contributed by atoms with Crippen molar-refractivity contribution >= 4 is 5.96 Å². The van der Waals surface area contributed by atoms with Crippen LogP contribution in [0.15, 0.2) is 53.5 Å². The number of halogens is 2. The molecule has 6 nitrogen and oxygen atoms in total. The van der Waals surface area contributed by atoms with Gasteiger partial charge in [0.05, 0.1) is 13.2 Å². The number of rotatable bonds is 8. The summed E-state index contributed by atoms with van der Waals surface area (Å²) in [6.07, 6.45) is 0.993. The third-order valence-corrected chi connectivity index (χ3v) is 5.03. The van der Waals surface area contributed by atoms with Crippen molar-refractivity contribution in [2.45, 2.75) is 25.7 Å². The Balaban J connectivity index is 1.59. The van der Waals surface area contributed by atoms with E-state index in [-0.39, 0.29) is 18.4 Å². The third-order valence-electron chi connectivity index (χ3n) is 5.03. The molecule has 1 fully saturated rings. The predicted molar refractivity (Wildman–Crippen MR) is 111 cm³/mol. The first-order valence-corrected chi connectivity index (χ1v) is 9.83. The lowest BCUT2D eigenvalue weighted by atomic mass is 9.95. The molecule has 30 heavy (non-hydrogen) atoms. The minimum absolute atomic E-state index is 0.0428. The van der Waals surface area contributed by atoms with E-state index < -0.39 is 6.61 Å². The van der Waals surface area contributed by atoms with Crippen LogP contribution in [0.3, 0.4) is 0 Å². The van der Waals surface area contributed by atoms with Gasteiger partial charge in [-0.15, -0.1) is 0 Å². The first kappa shape index (κ1) is 21.8. The summed E-state index contributed by atoms with van der Waals surface area (Å²) in [5.41, 5.74) is 1.71. The van der Waals surface area contributed by atoms with E-state index in [1.165, 1.54) is 13.2 Å². The van der Waals surface area contributed by atoms with Crippen LogP contribution in [0.2, 0.25) is 0 Å². The minimum Gasteiger partial charge on any atom is -0.497 e. The molecule has 1 aliphatic rings. The molecule has 0 aromatic heterocycles. The van der Waals surface area contributed by atoms with Crippen LogP contribution in [0.1, 0.15) is 23.7 Å². The van der Waals surface area contributed by atoms with Crippen molar-refractivity contribution in [1.29, 1.82) is 0 Å². The van der Waals surface area contributed by atoms with Crippen molar-refractivity contribution in [1.82, 2.24) is 10.6 Å². The fraction of sp³-hybridized carbons (Fsp3) is 0.409. The second-order valence-electron chi connectivity index (χ2n) is 6.91. The van der Waals surface area contributed by atoms with Gasteiger partial charge in [-0.2, -0.15) is 8.78 Å². The van der Waals surface area contributed by atoms with E-state index in [0.29, 0.717) is 29.7 Å². The van der Waals surface area contributed by atoms with Crippen LogP contribution in [-0.4, -0.2) is 39.9 Å². The average Bonchev–Trinajstić information content (AvgIpc) is 3.23. The van der Waals surface area contributed by atoms with E-state index in [9.17, 15) is 8.78 Å². The van der Waals surface area contributed by atoms with E-state index in [4.69, 9.17) is 9.47 Å². The number of guanidine groups is 1. The van der Waals surface area contributed by atoms with Gasteiger partial charge in [0.1, 0.15) is 11.5 Å². The number of aliphatic imine (C=N–C) groups is 1. The number of nitrogens with one attached hydrogen (secondary N) is 2. The van der Waals surface area contributed by atoms with Gasteiger partial charge in [-0.25, -0.2) is 0 Å². The monoisotopic (exact) mass is 419 g/mol. The van der Waals surface area contributed by atoms with Gasteiger partial charge in [0, 0.05) is 38.2 Å². The topological polar surface area (TPSA) is 64.1 Å². The van der Waals surface area contributed by atoms with Gasteiger partial charge in [0.25, 0.3) is 0 Å². The average molecular weight is 419 g/mol. The quantitative estimate of drug-likeness (QED) is 0.504. The Hall–Kier alpha value is -2.87. The molecule has 2 aromatic carbocycles. The number of hydrogen-bond donors (Lipinski definition) is 2. The lowest BCUT2D eigenvalue weighted by molar-refractivity contribution is -0.0504. The Morgan fingerprint density at radius 3 is 2.70 bits per heavy atom. The lowest BCUT2D eigenvalue weighted by Gasteiger charge is -2.21.